The van der Waals surface area contributed by atoms with Gasteiger partial charge in [-0.05, 0) is 29.7 Å². The molecule has 0 saturated carbocycles. The Morgan fingerprint density at radius 1 is 0.885 bits per heavy atom. The number of hydrogen-bond donors (Lipinski definition) is 1. The monoisotopic (exact) mass is 390 g/mol. The van der Waals surface area contributed by atoms with E-state index < -0.39 is 6.10 Å². The summed E-state index contributed by atoms with van der Waals surface area (Å²) in [6, 6.07) is 20.0. The molecule has 0 aromatic heterocycles. The van der Waals surface area contributed by atoms with Crippen molar-refractivity contribution in [3.05, 3.63) is 82.1 Å². The largest absolute Gasteiger partial charge is 0.394 e. The number of aliphatic hydroxyl groups is 1. The minimum atomic E-state index is -0.423. The lowest BCUT2D eigenvalue weighted by Crippen LogP contribution is -2.33. The predicted octanol–water partition coefficient (Wildman–Crippen LogP) is 4.72. The molecule has 0 heterocycles. The average Bonchev–Trinajstić information content (AvgIpc) is 2.71. The topological polar surface area (TPSA) is 38.7 Å². The van der Waals surface area contributed by atoms with E-state index in [0.29, 0.717) is 13.2 Å². The van der Waals surface area contributed by atoms with E-state index in [-0.39, 0.29) is 12.7 Å². The minimum absolute atomic E-state index is 0.0984. The first-order valence-corrected chi connectivity index (χ1v) is 10.9. The highest BCUT2D eigenvalue weighted by molar-refractivity contribution is 8.21. The van der Waals surface area contributed by atoms with Gasteiger partial charge < -0.3 is 14.6 Å². The smallest absolute Gasteiger partial charge is 0.111 e. The van der Waals surface area contributed by atoms with Gasteiger partial charge in [0.05, 0.1) is 19.8 Å². The number of ether oxygens (including phenoxy) is 2. The maximum absolute atomic E-state index is 9.88. The van der Waals surface area contributed by atoms with Crippen LogP contribution in [0.5, 0.6) is 0 Å². The Balaban J connectivity index is 2.07. The Morgan fingerprint density at radius 3 is 1.85 bits per heavy atom. The molecule has 0 fully saturated rings. The Labute approximate surface area is 164 Å². The molecule has 0 spiro atoms. The Kier molecular flexibility index (Phi) is 9.89. The van der Waals surface area contributed by atoms with Crippen LogP contribution in [0.25, 0.3) is 0 Å². The zero-order valence-corrected chi connectivity index (χ0v) is 16.8. The number of aliphatic hydroxyl groups excluding tert-OH is 1. The summed E-state index contributed by atoms with van der Waals surface area (Å²) in [6.45, 7) is 0.820. The summed E-state index contributed by atoms with van der Waals surface area (Å²) >= 11 is 3.34. The molecule has 0 saturated heterocycles. The van der Waals surface area contributed by atoms with Crippen LogP contribution in [0.4, 0.5) is 0 Å². The second kappa shape index (κ2) is 12.2. The van der Waals surface area contributed by atoms with Crippen molar-refractivity contribution in [2.24, 2.45) is 0 Å². The van der Waals surface area contributed by atoms with Crippen LogP contribution >= 0.6 is 23.5 Å². The SMILES string of the molecule is CSC(=C[C@@H](OCc1ccccc1)[C@@H](CO)OCc1ccccc1)SC. The average molecular weight is 391 g/mol. The van der Waals surface area contributed by atoms with Gasteiger partial charge in [-0.1, -0.05) is 60.7 Å². The van der Waals surface area contributed by atoms with Gasteiger partial charge in [-0.15, -0.1) is 23.5 Å². The maximum atomic E-state index is 9.88. The van der Waals surface area contributed by atoms with Crippen LogP contribution in [0.2, 0.25) is 0 Å². The summed E-state index contributed by atoms with van der Waals surface area (Å²) in [5, 5.41) is 9.88. The first-order chi connectivity index (χ1) is 12.8. The summed E-state index contributed by atoms with van der Waals surface area (Å²) in [5.74, 6) is 0. The summed E-state index contributed by atoms with van der Waals surface area (Å²) in [6.07, 6.45) is 5.38. The van der Waals surface area contributed by atoms with Gasteiger partial charge in [-0.2, -0.15) is 0 Å². The van der Waals surface area contributed by atoms with Crippen molar-refractivity contribution in [1.82, 2.24) is 0 Å². The molecule has 5 heteroatoms. The molecule has 2 aromatic carbocycles. The Hall–Kier alpha value is -1.24. The zero-order chi connectivity index (χ0) is 18.6. The highest BCUT2D eigenvalue weighted by Gasteiger charge is 2.21. The highest BCUT2D eigenvalue weighted by Crippen LogP contribution is 2.26. The van der Waals surface area contributed by atoms with Crippen LogP contribution in [-0.4, -0.2) is 36.4 Å². The third-order valence-electron chi connectivity index (χ3n) is 3.84. The van der Waals surface area contributed by atoms with E-state index in [1.807, 2.05) is 79.3 Å². The highest BCUT2D eigenvalue weighted by atomic mass is 32.2. The van der Waals surface area contributed by atoms with Crippen LogP contribution in [0.1, 0.15) is 11.1 Å². The van der Waals surface area contributed by atoms with Crippen LogP contribution in [0.15, 0.2) is 71.0 Å². The number of benzene rings is 2. The maximum Gasteiger partial charge on any atom is 0.111 e. The molecular weight excluding hydrogens is 364 g/mol. The van der Waals surface area contributed by atoms with E-state index in [9.17, 15) is 5.11 Å². The lowest BCUT2D eigenvalue weighted by atomic mass is 10.2. The lowest BCUT2D eigenvalue weighted by Gasteiger charge is -2.24. The van der Waals surface area contributed by atoms with E-state index in [1.54, 1.807) is 23.5 Å². The molecule has 140 valence electrons. The second-order valence-corrected chi connectivity index (χ2v) is 7.63. The first kappa shape index (κ1) is 21.1. The predicted molar refractivity (Wildman–Crippen MR) is 112 cm³/mol. The van der Waals surface area contributed by atoms with Gasteiger partial charge in [0, 0.05) is 4.24 Å². The molecule has 0 radical (unpaired) electrons. The molecule has 2 rings (SSSR count). The summed E-state index contributed by atoms with van der Waals surface area (Å²) < 4.78 is 13.2. The van der Waals surface area contributed by atoms with Gasteiger partial charge in [-0.3, -0.25) is 0 Å². The van der Waals surface area contributed by atoms with Gasteiger partial charge in [0.1, 0.15) is 12.2 Å². The molecule has 0 unspecified atom stereocenters. The second-order valence-electron chi connectivity index (χ2n) is 5.67. The fourth-order valence-electron chi connectivity index (χ4n) is 2.41. The van der Waals surface area contributed by atoms with E-state index in [4.69, 9.17) is 9.47 Å². The molecule has 3 nitrogen and oxygen atoms in total. The normalized spacial score (nSPS) is 13.2. The molecule has 0 aliphatic rings. The van der Waals surface area contributed by atoms with E-state index in [0.717, 1.165) is 15.4 Å². The van der Waals surface area contributed by atoms with Crippen LogP contribution in [-0.2, 0) is 22.7 Å². The van der Waals surface area contributed by atoms with Gasteiger partial charge in [-0.25, -0.2) is 0 Å². The fraction of sp³-hybridized carbons (Fsp3) is 0.333. The molecule has 0 aliphatic heterocycles. The molecule has 0 bridgehead atoms. The minimum Gasteiger partial charge on any atom is -0.394 e. The number of thioether (sulfide) groups is 2. The standard InChI is InChI=1S/C21H26O3S2/c1-25-21(26-2)13-19(23-15-17-9-5-3-6-10-17)20(14-22)24-16-18-11-7-4-8-12-18/h3-13,19-20,22H,14-16H2,1-2H3/t19-,20-/m1/s1. The summed E-state index contributed by atoms with van der Waals surface area (Å²) in [7, 11) is 0. The molecule has 0 amide bonds. The number of rotatable bonds is 11. The van der Waals surface area contributed by atoms with Crippen LogP contribution < -0.4 is 0 Å². The van der Waals surface area contributed by atoms with E-state index in [2.05, 4.69) is 0 Å². The Bertz CT molecular complexity index is 641. The van der Waals surface area contributed by atoms with Gasteiger partial charge >= 0.3 is 0 Å². The third kappa shape index (κ3) is 7.17. The van der Waals surface area contributed by atoms with Crippen molar-refractivity contribution in [1.29, 1.82) is 0 Å². The molecule has 2 aromatic rings. The van der Waals surface area contributed by atoms with Crippen molar-refractivity contribution in [2.45, 2.75) is 25.4 Å². The van der Waals surface area contributed by atoms with Gasteiger partial charge in [0.2, 0.25) is 0 Å². The zero-order valence-electron chi connectivity index (χ0n) is 15.2. The van der Waals surface area contributed by atoms with Gasteiger partial charge in [0.15, 0.2) is 0 Å². The summed E-state index contributed by atoms with van der Waals surface area (Å²) in [5.41, 5.74) is 2.17. The van der Waals surface area contributed by atoms with Crippen LogP contribution in [0, 0.1) is 0 Å². The first-order valence-electron chi connectivity index (χ1n) is 8.48. The Morgan fingerprint density at radius 2 is 1.38 bits per heavy atom. The summed E-state index contributed by atoms with van der Waals surface area (Å²) in [4.78, 5) is 0. The number of hydrogen-bond acceptors (Lipinski definition) is 5. The van der Waals surface area contributed by atoms with Crippen molar-refractivity contribution in [3.63, 3.8) is 0 Å². The van der Waals surface area contributed by atoms with Crippen molar-refractivity contribution >= 4 is 23.5 Å². The van der Waals surface area contributed by atoms with E-state index >= 15 is 0 Å². The quantitative estimate of drug-likeness (QED) is 0.601. The van der Waals surface area contributed by atoms with E-state index in [1.165, 1.54) is 0 Å². The molecule has 26 heavy (non-hydrogen) atoms. The van der Waals surface area contributed by atoms with Crippen molar-refractivity contribution < 1.29 is 14.6 Å². The van der Waals surface area contributed by atoms with Crippen molar-refractivity contribution in [2.75, 3.05) is 19.1 Å². The molecular formula is C21H26O3S2. The fourth-order valence-corrected chi connectivity index (χ4v) is 3.62. The lowest BCUT2D eigenvalue weighted by molar-refractivity contribution is -0.0847. The van der Waals surface area contributed by atoms with Gasteiger partial charge in [0.25, 0.3) is 0 Å². The molecule has 1 N–H and O–H groups in total. The third-order valence-corrected chi connectivity index (χ3v) is 5.92. The molecule has 0 aliphatic carbocycles. The molecule has 2 atom stereocenters. The van der Waals surface area contributed by atoms with Crippen LogP contribution in [0.3, 0.4) is 0 Å². The van der Waals surface area contributed by atoms with Crippen molar-refractivity contribution in [3.8, 4) is 0 Å².